The average Bonchev–Trinajstić information content (AvgIpc) is 3.78. The minimum Gasteiger partial charge on any atom is -0.308 e. The molecule has 9 rings (SSSR count). The van der Waals surface area contributed by atoms with Gasteiger partial charge in [-0.2, -0.15) is 0 Å². The van der Waals surface area contributed by atoms with E-state index >= 15 is 0 Å². The Labute approximate surface area is 271 Å². The highest BCUT2D eigenvalue weighted by molar-refractivity contribution is 7.26. The van der Waals surface area contributed by atoms with Crippen LogP contribution in [-0.4, -0.2) is 19.5 Å². The van der Waals surface area contributed by atoms with Crippen LogP contribution >= 0.6 is 11.3 Å². The van der Waals surface area contributed by atoms with Crippen molar-refractivity contribution in [3.05, 3.63) is 145 Å². The van der Waals surface area contributed by atoms with Gasteiger partial charge in [-0.25, -0.2) is 15.0 Å². The molecule has 0 atom stereocenters. The van der Waals surface area contributed by atoms with Crippen molar-refractivity contribution >= 4 is 53.3 Å². The number of para-hydroxylation sites is 1. The molecule has 0 aliphatic carbocycles. The van der Waals surface area contributed by atoms with E-state index in [-0.39, 0.29) is 68.0 Å². The molecule has 6 aromatic carbocycles. The molecule has 0 spiro atoms. The van der Waals surface area contributed by atoms with Crippen molar-refractivity contribution in [1.29, 1.82) is 0 Å². The van der Waals surface area contributed by atoms with Crippen molar-refractivity contribution in [3.63, 3.8) is 0 Å². The van der Waals surface area contributed by atoms with Gasteiger partial charge in [0.1, 0.15) is 0 Å². The molecule has 0 radical (unpaired) electrons. The first kappa shape index (κ1) is 16.8. The van der Waals surface area contributed by atoms with Crippen LogP contribution in [0.2, 0.25) is 0 Å². The van der Waals surface area contributed by atoms with E-state index in [0.29, 0.717) is 38.9 Å². The van der Waals surface area contributed by atoms with Gasteiger partial charge < -0.3 is 4.57 Å². The van der Waals surface area contributed by atoms with Crippen LogP contribution in [0.25, 0.3) is 81.8 Å². The quantitative estimate of drug-likeness (QED) is 0.205. The average molecular weight is 591 g/mol. The highest BCUT2D eigenvalue weighted by Gasteiger charge is 2.18. The number of hydrogen-bond donors (Lipinski definition) is 0. The van der Waals surface area contributed by atoms with Crippen molar-refractivity contribution in [3.8, 4) is 39.9 Å². The van der Waals surface area contributed by atoms with E-state index in [4.69, 9.17) is 27.3 Å². The summed E-state index contributed by atoms with van der Waals surface area (Å²) in [5, 5.41) is 0.460. The van der Waals surface area contributed by atoms with Crippen LogP contribution in [0.4, 0.5) is 0 Å². The van der Waals surface area contributed by atoms with Crippen LogP contribution < -0.4 is 0 Å². The molecular formula is C39H24N4S. The first-order valence-corrected chi connectivity index (χ1v) is 14.6. The summed E-state index contributed by atoms with van der Waals surface area (Å²) in [5.41, 5.74) is 3.13. The fraction of sp³-hybridized carbons (Fsp3) is 0. The Morgan fingerprint density at radius 2 is 1.05 bits per heavy atom. The highest BCUT2D eigenvalue weighted by atomic mass is 32.1. The summed E-state index contributed by atoms with van der Waals surface area (Å²) in [7, 11) is 0. The molecule has 0 bridgehead atoms. The predicted molar refractivity (Wildman–Crippen MR) is 183 cm³/mol. The molecule has 9 aromatic rings. The smallest absolute Gasteiger partial charge is 0.164 e. The van der Waals surface area contributed by atoms with Gasteiger partial charge in [-0.1, -0.05) is 109 Å². The van der Waals surface area contributed by atoms with Crippen LogP contribution in [0.15, 0.2) is 145 Å². The first-order valence-electron chi connectivity index (χ1n) is 18.8. The Bertz CT molecular complexity index is 2980. The molecule has 3 heterocycles. The minimum atomic E-state index is -0.484. The van der Waals surface area contributed by atoms with Gasteiger partial charge in [0.2, 0.25) is 0 Å². The molecule has 0 fully saturated rings. The Hall–Kier alpha value is -5.65. The maximum absolute atomic E-state index is 9.22. The molecule has 4 nitrogen and oxygen atoms in total. The lowest BCUT2D eigenvalue weighted by Crippen LogP contribution is -2.00. The second-order valence-corrected chi connectivity index (χ2v) is 11.1. The fourth-order valence-electron chi connectivity index (χ4n) is 5.52. The number of benzene rings is 6. The summed E-state index contributed by atoms with van der Waals surface area (Å²) < 4.78 is 89.6. The zero-order valence-electron chi connectivity index (χ0n) is 32.8. The lowest BCUT2D eigenvalue weighted by molar-refractivity contribution is 1.07. The Morgan fingerprint density at radius 3 is 1.70 bits per heavy atom. The van der Waals surface area contributed by atoms with E-state index in [2.05, 4.69) is 0 Å². The lowest BCUT2D eigenvalue weighted by Gasteiger charge is -2.11. The maximum Gasteiger partial charge on any atom is 0.164 e. The van der Waals surface area contributed by atoms with Gasteiger partial charge in [-0.05, 0) is 36.4 Å². The summed E-state index contributed by atoms with van der Waals surface area (Å²) in [6.45, 7) is 0. The highest BCUT2D eigenvalue weighted by Crippen LogP contribution is 2.43. The van der Waals surface area contributed by atoms with Gasteiger partial charge in [-0.3, -0.25) is 0 Å². The predicted octanol–water partition coefficient (Wildman–Crippen LogP) is 10.3. The molecule has 44 heavy (non-hydrogen) atoms. The maximum atomic E-state index is 9.22. The number of aromatic nitrogens is 4. The standard InChI is InChI=1S/C39H24N4S/c1-3-11-25(12-4-1)37-40-38(26-13-5-2-6-14-26)42-39(41-37)27-19-21-28(22-20-27)43-33-17-9-7-15-29(33)31-23-24-32-30-16-8-10-18-34(30)44-36(32)35(31)43/h1-24H/i7D,8D,9D,10D,15D,16D,17D,18D,23D,24D. The summed E-state index contributed by atoms with van der Waals surface area (Å²) in [5.74, 6) is 1.37. The number of thiophene rings is 1. The second kappa shape index (κ2) is 9.97. The van der Waals surface area contributed by atoms with Crippen LogP contribution in [0.5, 0.6) is 0 Å². The number of rotatable bonds is 4. The lowest BCUT2D eigenvalue weighted by atomic mass is 10.1. The van der Waals surface area contributed by atoms with Gasteiger partial charge in [-0.15, -0.1) is 11.3 Å². The van der Waals surface area contributed by atoms with Crippen LogP contribution in [0.1, 0.15) is 13.7 Å². The fourth-order valence-corrected chi connectivity index (χ4v) is 6.63. The van der Waals surface area contributed by atoms with Crippen molar-refractivity contribution in [2.75, 3.05) is 0 Å². The van der Waals surface area contributed by atoms with Crippen molar-refractivity contribution < 1.29 is 13.7 Å². The topological polar surface area (TPSA) is 43.6 Å². The van der Waals surface area contributed by atoms with E-state index in [1.807, 2.05) is 60.7 Å². The number of nitrogens with zero attached hydrogens (tertiary/aromatic N) is 4. The SMILES string of the molecule is [2H]c1c([2H])c([2H])c2c(sc3c2c([2H])c([2H])c2c4c([2H])c([2H])c([2H])c([2H])c4n(-c4ccc(-c5nc(-c6ccccc6)nc(-c6ccccc6)n5)cc4)c32)c1[2H]. The Balaban J connectivity index is 1.35. The normalized spacial score (nSPS) is 14.8. The largest absolute Gasteiger partial charge is 0.308 e. The monoisotopic (exact) mass is 590 g/mol. The molecule has 0 saturated heterocycles. The van der Waals surface area contributed by atoms with Gasteiger partial charge >= 0.3 is 0 Å². The zero-order chi connectivity index (χ0) is 37.7. The van der Waals surface area contributed by atoms with Crippen molar-refractivity contribution in [1.82, 2.24) is 19.5 Å². The molecule has 206 valence electrons. The molecule has 0 saturated carbocycles. The molecule has 5 heteroatoms. The summed E-state index contributed by atoms with van der Waals surface area (Å²) >= 11 is 1.04. The van der Waals surface area contributed by atoms with Crippen LogP contribution in [0, 0.1) is 0 Å². The van der Waals surface area contributed by atoms with E-state index in [0.717, 1.165) is 22.5 Å². The van der Waals surface area contributed by atoms with E-state index in [1.165, 1.54) is 0 Å². The first-order chi connectivity index (χ1) is 26.0. The number of hydrogen-bond acceptors (Lipinski definition) is 4. The molecule has 0 aliphatic rings. The molecule has 0 aliphatic heterocycles. The van der Waals surface area contributed by atoms with E-state index in [1.54, 1.807) is 28.8 Å². The van der Waals surface area contributed by atoms with Crippen molar-refractivity contribution in [2.24, 2.45) is 0 Å². The summed E-state index contributed by atoms with van der Waals surface area (Å²) in [6, 6.07) is 22.5. The Morgan fingerprint density at radius 1 is 0.500 bits per heavy atom. The third-order valence-corrected chi connectivity index (χ3v) is 8.66. The molecule has 0 N–H and O–H groups in total. The second-order valence-electron chi connectivity index (χ2n) is 10.1. The van der Waals surface area contributed by atoms with Gasteiger partial charge in [0.25, 0.3) is 0 Å². The summed E-state index contributed by atoms with van der Waals surface area (Å²) in [4.78, 5) is 14.4. The molecular weight excluding hydrogens is 557 g/mol. The Kier molecular flexibility index (Phi) is 3.82. The van der Waals surface area contributed by atoms with Gasteiger partial charge in [0, 0.05) is 48.6 Å². The third-order valence-electron chi connectivity index (χ3n) is 7.55. The van der Waals surface area contributed by atoms with Crippen LogP contribution in [-0.2, 0) is 0 Å². The summed E-state index contributed by atoms with van der Waals surface area (Å²) in [6.07, 6.45) is 0. The van der Waals surface area contributed by atoms with Crippen molar-refractivity contribution in [2.45, 2.75) is 0 Å². The number of fused-ring (bicyclic) bond motifs is 7. The van der Waals surface area contributed by atoms with Crippen LogP contribution in [0.3, 0.4) is 0 Å². The van der Waals surface area contributed by atoms with Gasteiger partial charge in [0.15, 0.2) is 17.5 Å². The molecule has 0 amide bonds. The minimum absolute atomic E-state index is 0.0648. The zero-order valence-corrected chi connectivity index (χ0v) is 23.6. The third kappa shape index (κ3) is 3.94. The van der Waals surface area contributed by atoms with Gasteiger partial charge in [0.05, 0.1) is 29.4 Å². The molecule has 3 aromatic heterocycles. The molecule has 0 unspecified atom stereocenters. The van der Waals surface area contributed by atoms with E-state index in [9.17, 15) is 1.37 Å². The van der Waals surface area contributed by atoms with E-state index < -0.39 is 24.2 Å².